The number of ether oxygens (including phenoxy) is 1. The summed E-state index contributed by atoms with van der Waals surface area (Å²) in [5.74, 6) is 0.563. The van der Waals surface area contributed by atoms with Gasteiger partial charge in [-0.25, -0.2) is 9.97 Å². The lowest BCUT2D eigenvalue weighted by Crippen LogP contribution is -2.51. The second kappa shape index (κ2) is 4.65. The minimum Gasteiger partial charge on any atom is -0.466 e. The number of esters is 1. The van der Waals surface area contributed by atoms with Crippen molar-refractivity contribution in [2.24, 2.45) is 5.92 Å². The SMILES string of the molecule is CCOC(=O)C1CN(c2ccnc(Cl)n2)C1. The highest BCUT2D eigenvalue weighted by molar-refractivity contribution is 6.28. The summed E-state index contributed by atoms with van der Waals surface area (Å²) in [6.07, 6.45) is 1.60. The van der Waals surface area contributed by atoms with Gasteiger partial charge in [-0.05, 0) is 24.6 Å². The van der Waals surface area contributed by atoms with Crippen molar-refractivity contribution in [1.29, 1.82) is 0 Å². The van der Waals surface area contributed by atoms with Crippen molar-refractivity contribution in [3.8, 4) is 0 Å². The van der Waals surface area contributed by atoms with Crippen LogP contribution < -0.4 is 4.90 Å². The summed E-state index contributed by atoms with van der Waals surface area (Å²) in [6, 6.07) is 1.77. The summed E-state index contributed by atoms with van der Waals surface area (Å²) in [5.41, 5.74) is 0. The van der Waals surface area contributed by atoms with E-state index in [0.29, 0.717) is 19.7 Å². The second-order valence-corrected chi connectivity index (χ2v) is 3.88. The van der Waals surface area contributed by atoms with Crippen LogP contribution in [0, 0.1) is 5.92 Å². The fraction of sp³-hybridized carbons (Fsp3) is 0.500. The first-order chi connectivity index (χ1) is 7.70. The molecule has 86 valence electrons. The van der Waals surface area contributed by atoms with E-state index in [1.165, 1.54) is 0 Å². The second-order valence-electron chi connectivity index (χ2n) is 3.54. The van der Waals surface area contributed by atoms with E-state index in [1.54, 1.807) is 19.2 Å². The van der Waals surface area contributed by atoms with E-state index < -0.39 is 0 Å². The number of anilines is 1. The molecule has 1 aromatic heterocycles. The normalized spacial score (nSPS) is 15.8. The predicted octanol–water partition coefficient (Wildman–Crippen LogP) is 1.13. The van der Waals surface area contributed by atoms with E-state index in [1.807, 2.05) is 4.90 Å². The number of nitrogens with zero attached hydrogens (tertiary/aromatic N) is 3. The van der Waals surface area contributed by atoms with Crippen LogP contribution in [0.25, 0.3) is 0 Å². The third kappa shape index (κ3) is 2.24. The Kier molecular flexibility index (Phi) is 3.24. The molecule has 2 rings (SSSR count). The smallest absolute Gasteiger partial charge is 0.312 e. The Morgan fingerprint density at radius 3 is 3.06 bits per heavy atom. The van der Waals surface area contributed by atoms with Gasteiger partial charge in [-0.2, -0.15) is 0 Å². The Morgan fingerprint density at radius 1 is 1.69 bits per heavy atom. The molecule has 0 aliphatic carbocycles. The Hall–Kier alpha value is -1.36. The van der Waals surface area contributed by atoms with Gasteiger partial charge in [-0.15, -0.1) is 0 Å². The molecule has 0 N–H and O–H groups in total. The first-order valence-corrected chi connectivity index (χ1v) is 5.48. The number of aromatic nitrogens is 2. The van der Waals surface area contributed by atoms with Gasteiger partial charge in [0.15, 0.2) is 0 Å². The molecule has 1 fully saturated rings. The topological polar surface area (TPSA) is 55.3 Å². The maximum atomic E-state index is 11.4. The highest BCUT2D eigenvalue weighted by Crippen LogP contribution is 2.23. The molecule has 0 unspecified atom stereocenters. The summed E-state index contributed by atoms with van der Waals surface area (Å²) in [7, 11) is 0. The van der Waals surface area contributed by atoms with Gasteiger partial charge in [0.05, 0.1) is 12.5 Å². The van der Waals surface area contributed by atoms with Crippen LogP contribution in [0.15, 0.2) is 12.3 Å². The van der Waals surface area contributed by atoms with Gasteiger partial charge >= 0.3 is 5.97 Å². The Morgan fingerprint density at radius 2 is 2.44 bits per heavy atom. The van der Waals surface area contributed by atoms with E-state index in [4.69, 9.17) is 16.3 Å². The molecular formula is C10H12ClN3O2. The fourth-order valence-electron chi connectivity index (χ4n) is 1.58. The summed E-state index contributed by atoms with van der Waals surface area (Å²) in [5, 5.41) is 0.220. The molecule has 0 radical (unpaired) electrons. The molecule has 1 saturated heterocycles. The fourth-order valence-corrected chi connectivity index (χ4v) is 1.72. The largest absolute Gasteiger partial charge is 0.466 e. The monoisotopic (exact) mass is 241 g/mol. The molecule has 1 aliphatic rings. The average Bonchev–Trinajstić information content (AvgIpc) is 2.15. The molecule has 0 bridgehead atoms. The van der Waals surface area contributed by atoms with Crippen LogP contribution in [0.5, 0.6) is 0 Å². The zero-order chi connectivity index (χ0) is 11.5. The Balaban J connectivity index is 1.91. The van der Waals surface area contributed by atoms with Crippen molar-refractivity contribution in [2.45, 2.75) is 6.92 Å². The van der Waals surface area contributed by atoms with E-state index >= 15 is 0 Å². The number of carbonyl (C=O) groups is 1. The Labute approximate surface area is 98.4 Å². The first kappa shape index (κ1) is 11.1. The van der Waals surface area contributed by atoms with E-state index in [-0.39, 0.29) is 17.2 Å². The van der Waals surface area contributed by atoms with Gasteiger partial charge in [0.2, 0.25) is 5.28 Å². The highest BCUT2D eigenvalue weighted by atomic mass is 35.5. The van der Waals surface area contributed by atoms with Crippen LogP contribution in [0.4, 0.5) is 5.82 Å². The number of hydrogen-bond acceptors (Lipinski definition) is 5. The molecular weight excluding hydrogens is 230 g/mol. The van der Waals surface area contributed by atoms with Gasteiger partial charge in [-0.1, -0.05) is 0 Å². The maximum absolute atomic E-state index is 11.4. The van der Waals surface area contributed by atoms with E-state index in [0.717, 1.165) is 5.82 Å². The van der Waals surface area contributed by atoms with Crippen LogP contribution in [0.1, 0.15) is 6.92 Å². The summed E-state index contributed by atoms with van der Waals surface area (Å²) < 4.78 is 4.93. The molecule has 16 heavy (non-hydrogen) atoms. The average molecular weight is 242 g/mol. The molecule has 1 aromatic rings. The molecule has 0 aromatic carbocycles. The molecule has 0 amide bonds. The zero-order valence-electron chi connectivity index (χ0n) is 8.89. The molecule has 0 spiro atoms. The van der Waals surface area contributed by atoms with Crippen LogP contribution in [0.2, 0.25) is 5.28 Å². The lowest BCUT2D eigenvalue weighted by Gasteiger charge is -2.38. The quantitative estimate of drug-likeness (QED) is 0.587. The third-order valence-corrected chi connectivity index (χ3v) is 2.62. The molecule has 5 nitrogen and oxygen atoms in total. The van der Waals surface area contributed by atoms with Crippen molar-refractivity contribution in [1.82, 2.24) is 9.97 Å². The number of rotatable bonds is 3. The molecule has 0 atom stereocenters. The van der Waals surface area contributed by atoms with Crippen LogP contribution >= 0.6 is 11.6 Å². The van der Waals surface area contributed by atoms with Crippen molar-refractivity contribution in [2.75, 3.05) is 24.6 Å². The maximum Gasteiger partial charge on any atom is 0.312 e. The minimum absolute atomic E-state index is 0.0475. The molecule has 1 aliphatic heterocycles. The first-order valence-electron chi connectivity index (χ1n) is 5.11. The molecule has 2 heterocycles. The summed E-state index contributed by atoms with van der Waals surface area (Å²) >= 11 is 5.68. The van der Waals surface area contributed by atoms with Gasteiger partial charge < -0.3 is 9.64 Å². The van der Waals surface area contributed by atoms with Gasteiger partial charge in [-0.3, -0.25) is 4.79 Å². The number of halogens is 1. The van der Waals surface area contributed by atoms with Crippen molar-refractivity contribution in [3.05, 3.63) is 17.5 Å². The van der Waals surface area contributed by atoms with Crippen LogP contribution in [-0.4, -0.2) is 35.6 Å². The lowest BCUT2D eigenvalue weighted by molar-refractivity contribution is -0.148. The van der Waals surface area contributed by atoms with Crippen molar-refractivity contribution < 1.29 is 9.53 Å². The van der Waals surface area contributed by atoms with E-state index in [2.05, 4.69) is 9.97 Å². The molecule has 0 saturated carbocycles. The standard InChI is InChI=1S/C10H12ClN3O2/c1-2-16-9(15)7-5-14(6-7)8-3-4-12-10(11)13-8/h3-4,7H,2,5-6H2,1H3. The summed E-state index contributed by atoms with van der Waals surface area (Å²) in [6.45, 7) is 3.49. The predicted molar refractivity (Wildman–Crippen MR) is 59.4 cm³/mol. The minimum atomic E-state index is -0.140. The third-order valence-electron chi connectivity index (χ3n) is 2.44. The number of carbonyl (C=O) groups excluding carboxylic acids is 1. The van der Waals surface area contributed by atoms with Gasteiger partial charge in [0.1, 0.15) is 5.82 Å². The van der Waals surface area contributed by atoms with E-state index in [9.17, 15) is 4.79 Å². The van der Waals surface area contributed by atoms with Crippen LogP contribution in [0.3, 0.4) is 0 Å². The molecule has 6 heteroatoms. The Bertz CT molecular complexity index is 393. The lowest BCUT2D eigenvalue weighted by atomic mass is 10.0. The zero-order valence-corrected chi connectivity index (χ0v) is 9.65. The van der Waals surface area contributed by atoms with Gasteiger partial charge in [0, 0.05) is 19.3 Å². The van der Waals surface area contributed by atoms with Crippen molar-refractivity contribution in [3.63, 3.8) is 0 Å². The summed E-state index contributed by atoms with van der Waals surface area (Å²) in [4.78, 5) is 21.2. The van der Waals surface area contributed by atoms with Crippen LogP contribution in [-0.2, 0) is 9.53 Å². The highest BCUT2D eigenvalue weighted by Gasteiger charge is 2.34. The van der Waals surface area contributed by atoms with Gasteiger partial charge in [0.25, 0.3) is 0 Å². The van der Waals surface area contributed by atoms with Crippen molar-refractivity contribution >= 4 is 23.4 Å². The number of hydrogen-bond donors (Lipinski definition) is 0.